The fraction of sp³-hybridized carbons (Fsp3) is 0.278. The summed E-state index contributed by atoms with van der Waals surface area (Å²) in [4.78, 5) is 23.4. The number of carbonyl (C=O) groups excluding carboxylic acids is 1. The zero-order valence-electron chi connectivity index (χ0n) is 14.4. The second-order valence-electron chi connectivity index (χ2n) is 6.08. The first-order valence-corrected chi connectivity index (χ1v) is 8.26. The number of nitrogens with one attached hydrogen (secondary N) is 2. The van der Waals surface area contributed by atoms with Crippen molar-refractivity contribution in [3.05, 3.63) is 68.7 Å². The molecule has 0 bridgehead atoms. The molecule has 0 aliphatic heterocycles. The quantitative estimate of drug-likeness (QED) is 0.451. The number of halogens is 1. The Morgan fingerprint density at radius 1 is 1.28 bits per heavy atom. The van der Waals surface area contributed by atoms with E-state index in [-0.39, 0.29) is 17.5 Å². The Hall–Kier alpha value is -2.44. The summed E-state index contributed by atoms with van der Waals surface area (Å²) in [6.45, 7) is 1.85. The second kappa shape index (κ2) is 8.09. The van der Waals surface area contributed by atoms with Gasteiger partial charge in [0.1, 0.15) is 11.7 Å². The van der Waals surface area contributed by atoms with Crippen LogP contribution in [0.3, 0.4) is 0 Å². The number of anilines is 1. The SMILES string of the molecule is CC(=O)c1ccc(NC[C@@H](c2ccccc2Cl)[NH+](C)C)c([N+](=O)[O-])c1. The number of nitrogens with zero attached hydrogens (tertiary/aromatic N) is 1. The van der Waals surface area contributed by atoms with Crippen LogP contribution in [0.1, 0.15) is 28.9 Å². The summed E-state index contributed by atoms with van der Waals surface area (Å²) < 4.78 is 0. The van der Waals surface area contributed by atoms with Gasteiger partial charge in [-0.15, -0.1) is 0 Å². The lowest BCUT2D eigenvalue weighted by Gasteiger charge is -2.23. The summed E-state index contributed by atoms with van der Waals surface area (Å²) in [7, 11) is 4.01. The van der Waals surface area contributed by atoms with Crippen LogP contribution in [-0.2, 0) is 0 Å². The van der Waals surface area contributed by atoms with Gasteiger partial charge in [0, 0.05) is 22.2 Å². The van der Waals surface area contributed by atoms with E-state index in [1.165, 1.54) is 13.0 Å². The largest absolute Gasteiger partial charge is 0.373 e. The van der Waals surface area contributed by atoms with Gasteiger partial charge in [0.15, 0.2) is 5.78 Å². The van der Waals surface area contributed by atoms with Crippen LogP contribution < -0.4 is 10.2 Å². The van der Waals surface area contributed by atoms with Gasteiger partial charge in [-0.3, -0.25) is 14.9 Å². The predicted octanol–water partition coefficient (Wildman–Crippen LogP) is 2.75. The molecular formula is C18H21ClN3O3+. The number of nitro benzene ring substituents is 1. The molecule has 1 atom stereocenters. The highest BCUT2D eigenvalue weighted by molar-refractivity contribution is 6.31. The Morgan fingerprint density at radius 3 is 2.52 bits per heavy atom. The average Bonchev–Trinajstić information content (AvgIpc) is 2.56. The average molecular weight is 363 g/mol. The smallest absolute Gasteiger partial charge is 0.293 e. The third-order valence-corrected chi connectivity index (χ3v) is 4.42. The molecule has 0 unspecified atom stereocenters. The number of ketones is 1. The summed E-state index contributed by atoms with van der Waals surface area (Å²) in [5.74, 6) is -0.207. The molecule has 0 amide bonds. The van der Waals surface area contributed by atoms with Crippen molar-refractivity contribution in [1.82, 2.24) is 0 Å². The van der Waals surface area contributed by atoms with Crippen molar-refractivity contribution in [2.45, 2.75) is 13.0 Å². The Labute approximate surface area is 151 Å². The minimum atomic E-state index is -0.484. The molecule has 0 spiro atoms. The molecule has 2 N–H and O–H groups in total. The molecule has 0 aliphatic rings. The van der Waals surface area contributed by atoms with Gasteiger partial charge < -0.3 is 10.2 Å². The molecule has 0 heterocycles. The first kappa shape index (κ1) is 18.9. The normalized spacial score (nSPS) is 12.0. The summed E-state index contributed by atoms with van der Waals surface area (Å²) in [6.07, 6.45) is 0. The second-order valence-corrected chi connectivity index (χ2v) is 6.48. The molecule has 2 aromatic carbocycles. The third-order valence-electron chi connectivity index (χ3n) is 4.08. The molecule has 2 aromatic rings. The predicted molar refractivity (Wildman–Crippen MR) is 98.6 cm³/mol. The van der Waals surface area contributed by atoms with Crippen molar-refractivity contribution < 1.29 is 14.6 Å². The number of carbonyl (C=O) groups is 1. The number of quaternary nitrogens is 1. The maximum absolute atomic E-state index is 11.4. The number of rotatable bonds is 7. The van der Waals surface area contributed by atoms with Crippen molar-refractivity contribution in [2.75, 3.05) is 26.0 Å². The molecule has 0 saturated carbocycles. The van der Waals surface area contributed by atoms with Crippen LogP contribution in [-0.4, -0.2) is 31.3 Å². The molecule has 0 aromatic heterocycles. The third kappa shape index (κ3) is 4.55. The van der Waals surface area contributed by atoms with E-state index in [0.29, 0.717) is 22.8 Å². The lowest BCUT2D eigenvalue weighted by atomic mass is 10.1. The van der Waals surface area contributed by atoms with Crippen LogP contribution in [0.5, 0.6) is 0 Å². The van der Waals surface area contributed by atoms with Crippen molar-refractivity contribution in [3.8, 4) is 0 Å². The van der Waals surface area contributed by atoms with E-state index >= 15 is 0 Å². The lowest BCUT2D eigenvalue weighted by molar-refractivity contribution is -0.890. The van der Waals surface area contributed by atoms with Crippen LogP contribution in [0.25, 0.3) is 0 Å². The first-order valence-electron chi connectivity index (χ1n) is 7.89. The van der Waals surface area contributed by atoms with Crippen LogP contribution >= 0.6 is 11.6 Å². The molecule has 0 radical (unpaired) electrons. The number of benzene rings is 2. The summed E-state index contributed by atoms with van der Waals surface area (Å²) in [5, 5.41) is 15.1. The van der Waals surface area contributed by atoms with Crippen molar-refractivity contribution in [3.63, 3.8) is 0 Å². The van der Waals surface area contributed by atoms with Crippen LogP contribution in [0.4, 0.5) is 11.4 Å². The Balaban J connectivity index is 2.28. The van der Waals surface area contributed by atoms with E-state index in [2.05, 4.69) is 5.32 Å². The number of Topliss-reactive ketones (excluding diaryl/α,β-unsaturated/α-hetero) is 1. The number of hydrogen-bond donors (Lipinski definition) is 2. The number of nitro groups is 1. The minimum absolute atomic E-state index is 0.0146. The molecular weight excluding hydrogens is 342 g/mol. The van der Waals surface area contributed by atoms with E-state index in [4.69, 9.17) is 11.6 Å². The van der Waals surface area contributed by atoms with E-state index in [0.717, 1.165) is 10.5 Å². The van der Waals surface area contributed by atoms with E-state index in [1.54, 1.807) is 12.1 Å². The van der Waals surface area contributed by atoms with Gasteiger partial charge in [0.2, 0.25) is 0 Å². The highest BCUT2D eigenvalue weighted by Gasteiger charge is 2.22. The Kier molecular flexibility index (Phi) is 6.12. The highest BCUT2D eigenvalue weighted by Crippen LogP contribution is 2.27. The van der Waals surface area contributed by atoms with Crippen LogP contribution in [0.2, 0.25) is 5.02 Å². The van der Waals surface area contributed by atoms with Crippen molar-refractivity contribution in [1.29, 1.82) is 0 Å². The number of hydrogen-bond acceptors (Lipinski definition) is 4. The molecule has 25 heavy (non-hydrogen) atoms. The first-order chi connectivity index (χ1) is 11.8. The maximum Gasteiger partial charge on any atom is 0.293 e. The topological polar surface area (TPSA) is 76.7 Å². The van der Waals surface area contributed by atoms with Crippen molar-refractivity contribution >= 4 is 28.8 Å². The molecule has 6 nitrogen and oxygen atoms in total. The van der Waals surface area contributed by atoms with Gasteiger partial charge >= 0.3 is 0 Å². The van der Waals surface area contributed by atoms with Gasteiger partial charge in [-0.05, 0) is 25.1 Å². The molecule has 0 fully saturated rings. The fourth-order valence-corrected chi connectivity index (χ4v) is 2.91. The van der Waals surface area contributed by atoms with E-state index < -0.39 is 4.92 Å². The van der Waals surface area contributed by atoms with E-state index in [9.17, 15) is 14.9 Å². The minimum Gasteiger partial charge on any atom is -0.373 e. The zero-order valence-corrected chi connectivity index (χ0v) is 15.1. The van der Waals surface area contributed by atoms with Gasteiger partial charge in [-0.2, -0.15) is 0 Å². The molecule has 2 rings (SSSR count). The van der Waals surface area contributed by atoms with E-state index in [1.807, 2.05) is 38.4 Å². The standard InChI is InChI=1S/C18H20ClN3O3/c1-12(23)13-8-9-16(17(10-13)22(24)25)20-11-18(21(2)3)14-6-4-5-7-15(14)19/h4-10,18,20H,11H2,1-3H3/p+1/t18-/m0/s1. The van der Waals surface area contributed by atoms with Crippen LogP contribution in [0.15, 0.2) is 42.5 Å². The molecule has 132 valence electrons. The molecule has 0 aliphatic carbocycles. The van der Waals surface area contributed by atoms with Gasteiger partial charge in [0.05, 0.1) is 25.6 Å². The highest BCUT2D eigenvalue weighted by atomic mass is 35.5. The van der Waals surface area contributed by atoms with Gasteiger partial charge in [-0.1, -0.05) is 29.8 Å². The molecule has 0 saturated heterocycles. The molecule has 7 heteroatoms. The maximum atomic E-state index is 11.4. The summed E-state index contributed by atoms with van der Waals surface area (Å²) >= 11 is 6.30. The van der Waals surface area contributed by atoms with Gasteiger partial charge in [0.25, 0.3) is 5.69 Å². The summed E-state index contributed by atoms with van der Waals surface area (Å²) in [5.41, 5.74) is 1.56. The Bertz CT molecular complexity index is 793. The fourth-order valence-electron chi connectivity index (χ4n) is 2.65. The van der Waals surface area contributed by atoms with Crippen molar-refractivity contribution in [2.24, 2.45) is 0 Å². The Morgan fingerprint density at radius 2 is 1.96 bits per heavy atom. The van der Waals surface area contributed by atoms with Crippen LogP contribution in [0, 0.1) is 10.1 Å². The lowest BCUT2D eigenvalue weighted by Crippen LogP contribution is -3.06. The zero-order chi connectivity index (χ0) is 18.6. The van der Waals surface area contributed by atoms with Gasteiger partial charge in [-0.25, -0.2) is 0 Å². The number of likely N-dealkylation sites (N-methyl/N-ethyl adjacent to an activating group) is 1. The monoisotopic (exact) mass is 362 g/mol. The summed E-state index contributed by atoms with van der Waals surface area (Å²) in [6, 6.07) is 12.0.